The zero-order valence-electron chi connectivity index (χ0n) is 22.5. The molecule has 1 N–H and O–H groups in total. The number of hydrogen-bond donors (Lipinski definition) is 1. The van der Waals surface area contributed by atoms with Gasteiger partial charge < -0.3 is 9.80 Å². The molecule has 1 aliphatic heterocycles. The second kappa shape index (κ2) is 10.8. The highest BCUT2D eigenvalue weighted by atomic mass is 32.2. The molecule has 8 heteroatoms. The Hall–Kier alpha value is -3.07. The van der Waals surface area contributed by atoms with Gasteiger partial charge in [-0.3, -0.25) is 4.79 Å². The average Bonchev–Trinajstić information content (AvgIpc) is 3.65. The summed E-state index contributed by atoms with van der Waals surface area (Å²) in [6.45, 7) is 2.66. The van der Waals surface area contributed by atoms with Gasteiger partial charge in [-0.05, 0) is 54.0 Å². The highest BCUT2D eigenvalue weighted by molar-refractivity contribution is 7.88. The lowest BCUT2D eigenvalue weighted by Gasteiger charge is -2.42. The predicted octanol–water partition coefficient (Wildman–Crippen LogP) is 4.28. The fourth-order valence-corrected chi connectivity index (χ4v) is 7.32. The number of likely N-dealkylation sites (tertiary alicyclic amines) is 1. The van der Waals surface area contributed by atoms with E-state index in [9.17, 15) is 17.6 Å². The summed E-state index contributed by atoms with van der Waals surface area (Å²) >= 11 is 0. The Balaban J connectivity index is 1.31. The normalized spacial score (nSPS) is 22.8. The van der Waals surface area contributed by atoms with Crippen LogP contribution >= 0.6 is 0 Å². The van der Waals surface area contributed by atoms with Crippen molar-refractivity contribution in [2.75, 3.05) is 32.9 Å². The van der Waals surface area contributed by atoms with E-state index in [1.165, 1.54) is 18.4 Å². The standard InChI is InChI=1S/C31H36FN3O3S/c1-34(22-24-13-15-28(32)16-14-24)29(36)31(26-11-7-4-8-12-26)21-27(31)23-35-19-17-30(18-20-35,33-39(2,37)38)25-9-5-3-6-10-25/h3-16,27,33H,17-23H2,1-2H3/t27-,31+/m0/s1. The van der Waals surface area contributed by atoms with Crippen molar-refractivity contribution in [3.8, 4) is 0 Å². The Kier molecular flexibility index (Phi) is 7.64. The molecule has 0 aromatic heterocycles. The molecule has 5 rings (SSSR count). The number of rotatable bonds is 9. The first-order valence-electron chi connectivity index (χ1n) is 13.4. The van der Waals surface area contributed by atoms with Gasteiger partial charge in [-0.1, -0.05) is 72.8 Å². The van der Waals surface area contributed by atoms with E-state index in [2.05, 4.69) is 9.62 Å². The van der Waals surface area contributed by atoms with Crippen molar-refractivity contribution in [1.29, 1.82) is 0 Å². The van der Waals surface area contributed by atoms with Crippen LogP contribution in [-0.4, -0.2) is 57.1 Å². The van der Waals surface area contributed by atoms with Gasteiger partial charge in [0.1, 0.15) is 5.82 Å². The maximum absolute atomic E-state index is 14.0. The molecule has 6 nitrogen and oxygen atoms in total. The number of benzene rings is 3. The summed E-state index contributed by atoms with van der Waals surface area (Å²) in [5.74, 6) is -0.0483. The molecule has 39 heavy (non-hydrogen) atoms. The lowest BCUT2D eigenvalue weighted by molar-refractivity contribution is -0.133. The molecule has 1 heterocycles. The largest absolute Gasteiger partial charge is 0.341 e. The summed E-state index contributed by atoms with van der Waals surface area (Å²) in [4.78, 5) is 18.1. The zero-order valence-corrected chi connectivity index (χ0v) is 23.3. The van der Waals surface area contributed by atoms with Gasteiger partial charge in [0.15, 0.2) is 0 Å². The van der Waals surface area contributed by atoms with Gasteiger partial charge in [-0.25, -0.2) is 17.5 Å². The van der Waals surface area contributed by atoms with Crippen LogP contribution in [0.4, 0.5) is 4.39 Å². The summed E-state index contributed by atoms with van der Waals surface area (Å²) in [7, 11) is -1.58. The van der Waals surface area contributed by atoms with Crippen LogP contribution in [0.1, 0.15) is 36.0 Å². The number of nitrogens with one attached hydrogen (secondary N) is 1. The number of nitrogens with zero attached hydrogens (tertiary/aromatic N) is 2. The Morgan fingerprint density at radius 1 is 0.949 bits per heavy atom. The van der Waals surface area contributed by atoms with Crippen LogP contribution in [0, 0.1) is 11.7 Å². The number of amides is 1. The van der Waals surface area contributed by atoms with E-state index in [1.54, 1.807) is 17.0 Å². The molecule has 1 saturated carbocycles. The third kappa shape index (κ3) is 5.93. The van der Waals surface area contributed by atoms with Gasteiger partial charge >= 0.3 is 0 Å². The molecule has 1 aliphatic carbocycles. The van der Waals surface area contributed by atoms with E-state index in [1.807, 2.05) is 67.7 Å². The highest BCUT2D eigenvalue weighted by Gasteiger charge is 2.62. The van der Waals surface area contributed by atoms with Crippen molar-refractivity contribution in [3.05, 3.63) is 107 Å². The van der Waals surface area contributed by atoms with Crippen molar-refractivity contribution in [3.63, 3.8) is 0 Å². The SMILES string of the molecule is CN(Cc1ccc(F)cc1)C(=O)[C@@]1(c2ccccc2)C[C@H]1CN1CCC(NS(C)(=O)=O)(c2ccccc2)CC1. The smallest absolute Gasteiger partial charge is 0.233 e. The second-order valence-electron chi connectivity index (χ2n) is 11.1. The van der Waals surface area contributed by atoms with E-state index in [0.717, 1.165) is 42.7 Å². The third-order valence-electron chi connectivity index (χ3n) is 8.35. The molecule has 2 aliphatic rings. The Labute approximate surface area is 230 Å². The fraction of sp³-hybridized carbons (Fsp3) is 0.387. The Morgan fingerprint density at radius 2 is 1.51 bits per heavy atom. The van der Waals surface area contributed by atoms with Crippen LogP contribution in [0.3, 0.4) is 0 Å². The number of hydrogen-bond acceptors (Lipinski definition) is 4. The first-order valence-corrected chi connectivity index (χ1v) is 15.3. The molecule has 2 fully saturated rings. The first kappa shape index (κ1) is 27.5. The highest BCUT2D eigenvalue weighted by Crippen LogP contribution is 2.56. The van der Waals surface area contributed by atoms with E-state index in [-0.39, 0.29) is 17.6 Å². The second-order valence-corrected chi connectivity index (χ2v) is 12.9. The fourth-order valence-electron chi connectivity index (χ4n) is 6.29. The molecule has 1 saturated heterocycles. The van der Waals surface area contributed by atoms with Gasteiger partial charge in [0.2, 0.25) is 15.9 Å². The molecule has 206 valence electrons. The number of halogens is 1. The van der Waals surface area contributed by atoms with Gasteiger partial charge in [-0.2, -0.15) is 0 Å². The summed E-state index contributed by atoms with van der Waals surface area (Å²) in [5.41, 5.74) is 1.68. The molecule has 0 radical (unpaired) electrons. The van der Waals surface area contributed by atoms with Gasteiger partial charge in [0.25, 0.3) is 0 Å². The first-order chi connectivity index (χ1) is 18.6. The van der Waals surface area contributed by atoms with E-state index >= 15 is 0 Å². The van der Waals surface area contributed by atoms with Crippen LogP contribution in [0.25, 0.3) is 0 Å². The molecular formula is C31H36FN3O3S. The number of carbonyl (C=O) groups excluding carboxylic acids is 1. The number of piperidine rings is 1. The summed E-state index contributed by atoms with van der Waals surface area (Å²) in [6.07, 6.45) is 3.31. The van der Waals surface area contributed by atoms with Gasteiger partial charge in [0.05, 0.1) is 17.2 Å². The maximum atomic E-state index is 14.0. The quantitative estimate of drug-likeness (QED) is 0.433. The summed E-state index contributed by atoms with van der Waals surface area (Å²) in [6, 6.07) is 26.1. The summed E-state index contributed by atoms with van der Waals surface area (Å²) in [5, 5.41) is 0. The number of likely N-dealkylation sites (N-methyl/N-ethyl adjacent to an activating group) is 1. The van der Waals surface area contributed by atoms with E-state index < -0.39 is 21.0 Å². The maximum Gasteiger partial charge on any atom is 0.233 e. The molecule has 3 aromatic rings. The van der Waals surface area contributed by atoms with Crippen molar-refractivity contribution in [2.24, 2.45) is 5.92 Å². The van der Waals surface area contributed by atoms with Gasteiger partial charge in [-0.15, -0.1) is 0 Å². The Morgan fingerprint density at radius 3 is 2.08 bits per heavy atom. The molecule has 1 amide bonds. The molecule has 3 aromatic carbocycles. The minimum absolute atomic E-state index is 0.0809. The van der Waals surface area contributed by atoms with E-state index in [0.29, 0.717) is 19.4 Å². The van der Waals surface area contributed by atoms with Crippen LogP contribution in [-0.2, 0) is 32.3 Å². The molecule has 2 atom stereocenters. The number of sulfonamides is 1. The molecular weight excluding hydrogens is 513 g/mol. The van der Waals surface area contributed by atoms with Crippen molar-refractivity contribution >= 4 is 15.9 Å². The van der Waals surface area contributed by atoms with Gasteiger partial charge in [0, 0.05) is 33.2 Å². The Bertz CT molecular complexity index is 1390. The monoisotopic (exact) mass is 549 g/mol. The molecule has 0 bridgehead atoms. The van der Waals surface area contributed by atoms with Crippen LogP contribution in [0.2, 0.25) is 0 Å². The van der Waals surface area contributed by atoms with Crippen LogP contribution < -0.4 is 4.72 Å². The zero-order chi connectivity index (χ0) is 27.7. The lowest BCUT2D eigenvalue weighted by atomic mass is 9.81. The van der Waals surface area contributed by atoms with Crippen LogP contribution in [0.5, 0.6) is 0 Å². The van der Waals surface area contributed by atoms with E-state index in [4.69, 9.17) is 0 Å². The lowest BCUT2D eigenvalue weighted by Crippen LogP contribution is -2.53. The topological polar surface area (TPSA) is 69.7 Å². The third-order valence-corrected chi connectivity index (χ3v) is 9.11. The van der Waals surface area contributed by atoms with Crippen LogP contribution in [0.15, 0.2) is 84.9 Å². The van der Waals surface area contributed by atoms with Crippen molar-refractivity contribution in [1.82, 2.24) is 14.5 Å². The molecule has 0 spiro atoms. The van der Waals surface area contributed by atoms with Crippen molar-refractivity contribution in [2.45, 2.75) is 36.8 Å². The predicted molar refractivity (Wildman–Crippen MR) is 151 cm³/mol. The minimum Gasteiger partial charge on any atom is -0.341 e. The average molecular weight is 550 g/mol. The van der Waals surface area contributed by atoms with Crippen molar-refractivity contribution < 1.29 is 17.6 Å². The summed E-state index contributed by atoms with van der Waals surface area (Å²) < 4.78 is 40.9. The number of carbonyl (C=O) groups is 1. The molecule has 0 unspecified atom stereocenters. The minimum atomic E-state index is -3.40.